The molecule has 0 aromatic heterocycles. The van der Waals surface area contributed by atoms with Gasteiger partial charge in [-0.2, -0.15) is 4.31 Å². The monoisotopic (exact) mass is 407 g/mol. The average Bonchev–Trinajstić information content (AvgIpc) is 2.69. The number of nitrogens with two attached hydrogens (primary N) is 1. The number of benzene rings is 1. The Morgan fingerprint density at radius 3 is 2.04 bits per heavy atom. The average molecular weight is 408 g/mol. The Balaban J connectivity index is 1.59. The van der Waals surface area contributed by atoms with Crippen molar-refractivity contribution < 1.29 is 18.0 Å². The van der Waals surface area contributed by atoms with Crippen LogP contribution in [0.2, 0.25) is 0 Å². The van der Waals surface area contributed by atoms with Crippen LogP contribution in [0.5, 0.6) is 0 Å². The molecule has 2 heterocycles. The van der Waals surface area contributed by atoms with Gasteiger partial charge in [0.05, 0.1) is 4.90 Å². The summed E-state index contributed by atoms with van der Waals surface area (Å²) >= 11 is 0. The fraction of sp³-hybridized carbons (Fsp3) is 0.600. The largest absolute Gasteiger partial charge is 0.369 e. The molecule has 0 atom stereocenters. The Hall–Kier alpha value is -1.93. The maximum atomic E-state index is 12.9. The van der Waals surface area contributed by atoms with Gasteiger partial charge in [0.15, 0.2) is 0 Å². The third-order valence-corrected chi connectivity index (χ3v) is 8.02. The standard InChI is InChI=1S/C20H29N3O4S/c1-14-3-4-18(13-15(14)2)28(26,27)23-11-7-17(8-12-23)20(25)22-9-5-16(6-10-22)19(21)24/h3-4,13,16-17H,5-12H2,1-2H3,(H2,21,24). The van der Waals surface area contributed by atoms with Crippen molar-refractivity contribution in [1.29, 1.82) is 0 Å². The zero-order chi connectivity index (χ0) is 20.5. The molecule has 1 aromatic rings. The van der Waals surface area contributed by atoms with Crippen molar-refractivity contribution in [3.8, 4) is 0 Å². The number of carbonyl (C=O) groups excluding carboxylic acids is 2. The quantitative estimate of drug-likeness (QED) is 0.816. The molecular formula is C20H29N3O4S. The van der Waals surface area contributed by atoms with Crippen molar-refractivity contribution in [2.45, 2.75) is 44.4 Å². The van der Waals surface area contributed by atoms with E-state index < -0.39 is 10.0 Å². The number of hydrogen-bond donors (Lipinski definition) is 1. The van der Waals surface area contributed by atoms with Crippen LogP contribution in [0.25, 0.3) is 0 Å². The maximum Gasteiger partial charge on any atom is 0.243 e. The summed E-state index contributed by atoms with van der Waals surface area (Å²) in [5.41, 5.74) is 7.36. The van der Waals surface area contributed by atoms with Crippen LogP contribution in [-0.4, -0.2) is 55.6 Å². The van der Waals surface area contributed by atoms with E-state index in [1.807, 2.05) is 19.9 Å². The molecule has 0 bridgehead atoms. The Morgan fingerprint density at radius 2 is 1.50 bits per heavy atom. The first kappa shape index (κ1) is 20.8. The topological polar surface area (TPSA) is 101 Å². The number of rotatable bonds is 4. The van der Waals surface area contributed by atoms with E-state index >= 15 is 0 Å². The number of likely N-dealkylation sites (tertiary alicyclic amines) is 1. The molecule has 0 saturated carbocycles. The van der Waals surface area contributed by atoms with Crippen LogP contribution in [0.1, 0.15) is 36.8 Å². The number of sulfonamides is 1. The molecule has 3 rings (SSSR count). The van der Waals surface area contributed by atoms with Crippen LogP contribution in [0.4, 0.5) is 0 Å². The van der Waals surface area contributed by atoms with Crippen LogP contribution in [0.3, 0.4) is 0 Å². The van der Waals surface area contributed by atoms with Gasteiger partial charge >= 0.3 is 0 Å². The van der Waals surface area contributed by atoms with Crippen molar-refractivity contribution in [1.82, 2.24) is 9.21 Å². The summed E-state index contributed by atoms with van der Waals surface area (Å²) in [6, 6.07) is 5.19. The molecule has 8 heteroatoms. The number of nitrogens with zero attached hydrogens (tertiary/aromatic N) is 2. The molecular weight excluding hydrogens is 378 g/mol. The number of primary amides is 1. The van der Waals surface area contributed by atoms with E-state index in [1.54, 1.807) is 17.0 Å². The first-order valence-corrected chi connectivity index (χ1v) is 11.3. The van der Waals surface area contributed by atoms with Gasteiger partial charge < -0.3 is 10.6 Å². The van der Waals surface area contributed by atoms with Gasteiger partial charge in [0.25, 0.3) is 0 Å². The second kappa shape index (κ2) is 8.21. The summed E-state index contributed by atoms with van der Waals surface area (Å²) in [7, 11) is -3.54. The predicted octanol–water partition coefficient (Wildman–Crippen LogP) is 1.43. The van der Waals surface area contributed by atoms with E-state index in [-0.39, 0.29) is 23.7 Å². The number of hydrogen-bond acceptors (Lipinski definition) is 4. The first-order chi connectivity index (χ1) is 13.2. The highest BCUT2D eigenvalue weighted by Gasteiger charge is 2.35. The van der Waals surface area contributed by atoms with Crippen molar-refractivity contribution >= 4 is 21.8 Å². The highest BCUT2D eigenvalue weighted by Crippen LogP contribution is 2.27. The normalized spacial score (nSPS) is 20.3. The van der Waals surface area contributed by atoms with Crippen molar-refractivity contribution in [2.75, 3.05) is 26.2 Å². The van der Waals surface area contributed by atoms with Gasteiger partial charge in [0, 0.05) is 38.0 Å². The van der Waals surface area contributed by atoms with E-state index in [0.717, 1.165) is 11.1 Å². The molecule has 7 nitrogen and oxygen atoms in total. The summed E-state index contributed by atoms with van der Waals surface area (Å²) < 4.78 is 27.3. The highest BCUT2D eigenvalue weighted by molar-refractivity contribution is 7.89. The molecule has 0 spiro atoms. The van der Waals surface area contributed by atoms with Gasteiger partial charge in [0.1, 0.15) is 0 Å². The van der Waals surface area contributed by atoms with Gasteiger partial charge in [-0.05, 0) is 62.8 Å². The summed E-state index contributed by atoms with van der Waals surface area (Å²) in [5.74, 6) is -0.520. The lowest BCUT2D eigenvalue weighted by Crippen LogP contribution is -2.47. The number of aryl methyl sites for hydroxylation is 2. The molecule has 2 saturated heterocycles. The summed E-state index contributed by atoms with van der Waals surface area (Å²) in [6.45, 7) is 5.66. The molecule has 2 fully saturated rings. The third kappa shape index (κ3) is 4.22. The van der Waals surface area contributed by atoms with Crippen molar-refractivity contribution in [2.24, 2.45) is 17.6 Å². The fourth-order valence-corrected chi connectivity index (χ4v) is 5.56. The van der Waals surface area contributed by atoms with E-state index in [4.69, 9.17) is 5.73 Å². The van der Waals surface area contributed by atoms with Crippen LogP contribution in [-0.2, 0) is 19.6 Å². The van der Waals surface area contributed by atoms with E-state index in [0.29, 0.717) is 56.8 Å². The molecule has 28 heavy (non-hydrogen) atoms. The zero-order valence-corrected chi connectivity index (χ0v) is 17.4. The SMILES string of the molecule is Cc1ccc(S(=O)(=O)N2CCC(C(=O)N3CCC(C(N)=O)CC3)CC2)cc1C. The molecule has 0 aliphatic carbocycles. The Labute approximate surface area is 166 Å². The van der Waals surface area contributed by atoms with Gasteiger partial charge in [0.2, 0.25) is 21.8 Å². The molecule has 2 N–H and O–H groups in total. The molecule has 154 valence electrons. The lowest BCUT2D eigenvalue weighted by atomic mass is 9.92. The summed E-state index contributed by atoms with van der Waals surface area (Å²) in [6.07, 6.45) is 2.28. The molecule has 2 aliphatic rings. The van der Waals surface area contributed by atoms with Gasteiger partial charge in [-0.25, -0.2) is 8.42 Å². The van der Waals surface area contributed by atoms with Crippen molar-refractivity contribution in [3.63, 3.8) is 0 Å². The van der Waals surface area contributed by atoms with E-state index in [9.17, 15) is 18.0 Å². The van der Waals surface area contributed by atoms with Crippen molar-refractivity contribution in [3.05, 3.63) is 29.3 Å². The second-order valence-corrected chi connectivity index (χ2v) is 9.86. The van der Waals surface area contributed by atoms with E-state index in [2.05, 4.69) is 0 Å². The third-order valence-electron chi connectivity index (χ3n) is 6.13. The van der Waals surface area contributed by atoms with E-state index in [1.165, 1.54) is 4.31 Å². The highest BCUT2D eigenvalue weighted by atomic mass is 32.2. The van der Waals surface area contributed by atoms with Crippen LogP contribution in [0.15, 0.2) is 23.1 Å². The lowest BCUT2D eigenvalue weighted by Gasteiger charge is -2.36. The summed E-state index contributed by atoms with van der Waals surface area (Å²) in [4.78, 5) is 26.2. The Bertz CT molecular complexity index is 852. The minimum absolute atomic E-state index is 0.0751. The zero-order valence-electron chi connectivity index (χ0n) is 16.6. The number of amides is 2. The second-order valence-electron chi connectivity index (χ2n) is 7.93. The van der Waals surface area contributed by atoms with Crippen LogP contribution in [0, 0.1) is 25.7 Å². The molecule has 2 amide bonds. The van der Waals surface area contributed by atoms with Crippen LogP contribution >= 0.6 is 0 Å². The first-order valence-electron chi connectivity index (χ1n) is 9.85. The number of carbonyl (C=O) groups is 2. The van der Waals surface area contributed by atoms with Gasteiger partial charge in [-0.3, -0.25) is 9.59 Å². The Morgan fingerprint density at radius 1 is 0.929 bits per heavy atom. The maximum absolute atomic E-state index is 12.9. The smallest absolute Gasteiger partial charge is 0.243 e. The Kier molecular flexibility index (Phi) is 6.09. The minimum Gasteiger partial charge on any atom is -0.369 e. The molecule has 1 aromatic carbocycles. The minimum atomic E-state index is -3.54. The summed E-state index contributed by atoms with van der Waals surface area (Å²) in [5, 5.41) is 0. The number of piperidine rings is 2. The fourth-order valence-electron chi connectivity index (χ4n) is 4.01. The van der Waals surface area contributed by atoms with Gasteiger partial charge in [-0.15, -0.1) is 0 Å². The van der Waals surface area contributed by atoms with Gasteiger partial charge in [-0.1, -0.05) is 6.07 Å². The van der Waals surface area contributed by atoms with Crippen LogP contribution < -0.4 is 5.73 Å². The lowest BCUT2D eigenvalue weighted by molar-refractivity contribution is -0.139. The molecule has 0 unspecified atom stereocenters. The molecule has 0 radical (unpaired) electrons. The predicted molar refractivity (Wildman–Crippen MR) is 106 cm³/mol. The molecule has 2 aliphatic heterocycles.